The minimum atomic E-state index is 0.597. The summed E-state index contributed by atoms with van der Waals surface area (Å²) in [5, 5.41) is 0. The van der Waals surface area contributed by atoms with E-state index in [2.05, 4.69) is 30.7 Å². The fourth-order valence-electron chi connectivity index (χ4n) is 3.83. The van der Waals surface area contributed by atoms with Gasteiger partial charge in [-0.3, -0.25) is 9.80 Å². The fraction of sp³-hybridized carbons (Fsp3) is 0.750. The lowest BCUT2D eigenvalue weighted by molar-refractivity contribution is -0.176. The number of nitrogens with zero attached hydrogens (tertiary/aromatic N) is 3. The van der Waals surface area contributed by atoms with Gasteiger partial charge in [0.05, 0.1) is 0 Å². The lowest BCUT2D eigenvalue weighted by Gasteiger charge is -2.69. The molecule has 1 aromatic heterocycles. The first-order valence-corrected chi connectivity index (χ1v) is 7.98. The van der Waals surface area contributed by atoms with Gasteiger partial charge in [0.1, 0.15) is 0 Å². The monoisotopic (exact) mass is 313 g/mol. The Hall–Kier alpha value is 0.0300. The van der Waals surface area contributed by atoms with E-state index in [0.717, 1.165) is 16.5 Å². The van der Waals surface area contributed by atoms with Crippen molar-refractivity contribution >= 4 is 27.3 Å². The molecule has 0 amide bonds. The third kappa shape index (κ3) is 1.49. The third-order valence-electron chi connectivity index (χ3n) is 4.90. The van der Waals surface area contributed by atoms with Crippen LogP contribution in [-0.4, -0.2) is 46.0 Å². The Bertz CT molecular complexity index is 445. The number of hydrogen-bond donors (Lipinski definition) is 0. The molecular weight excluding hydrogens is 298 g/mol. The molecule has 2 aliphatic heterocycles. The number of aromatic nitrogens is 1. The van der Waals surface area contributed by atoms with Gasteiger partial charge in [0.15, 0.2) is 3.92 Å². The van der Waals surface area contributed by atoms with E-state index < -0.39 is 0 Å². The molecule has 2 atom stereocenters. The molecule has 2 saturated heterocycles. The largest absolute Gasteiger partial charge is 0.295 e. The predicted octanol–water partition coefficient (Wildman–Crippen LogP) is 2.33. The molecule has 17 heavy (non-hydrogen) atoms. The Balaban J connectivity index is 1.51. The molecule has 3 fully saturated rings. The highest BCUT2D eigenvalue weighted by molar-refractivity contribution is 9.11. The molecule has 1 aromatic rings. The fourth-order valence-corrected chi connectivity index (χ4v) is 5.22. The maximum absolute atomic E-state index is 4.29. The van der Waals surface area contributed by atoms with Gasteiger partial charge in [0.25, 0.3) is 0 Å². The summed E-state index contributed by atoms with van der Waals surface area (Å²) in [5.74, 6) is 0. The zero-order valence-corrected chi connectivity index (χ0v) is 12.1. The van der Waals surface area contributed by atoms with Crippen LogP contribution >= 0.6 is 27.3 Å². The second kappa shape index (κ2) is 3.76. The summed E-state index contributed by atoms with van der Waals surface area (Å²) in [5.41, 5.74) is 0.597. The minimum absolute atomic E-state index is 0.597. The van der Waals surface area contributed by atoms with Crippen LogP contribution in [0.15, 0.2) is 10.1 Å². The van der Waals surface area contributed by atoms with Gasteiger partial charge >= 0.3 is 0 Å². The smallest absolute Gasteiger partial charge is 0.159 e. The summed E-state index contributed by atoms with van der Waals surface area (Å²) in [6.07, 6.45) is 6.28. The maximum Gasteiger partial charge on any atom is 0.159 e. The molecular formula is C12H16BrN3S. The summed E-state index contributed by atoms with van der Waals surface area (Å²) in [6.45, 7) is 4.96. The molecule has 0 N–H and O–H groups in total. The van der Waals surface area contributed by atoms with E-state index in [1.165, 1.54) is 43.8 Å². The van der Waals surface area contributed by atoms with E-state index in [9.17, 15) is 0 Å². The Labute approximate surface area is 114 Å². The quantitative estimate of drug-likeness (QED) is 0.835. The Morgan fingerprint density at radius 2 is 2.35 bits per heavy atom. The minimum Gasteiger partial charge on any atom is -0.295 e. The van der Waals surface area contributed by atoms with Crippen LogP contribution in [0.2, 0.25) is 0 Å². The number of halogens is 1. The van der Waals surface area contributed by atoms with Crippen LogP contribution in [0.5, 0.6) is 0 Å². The first-order chi connectivity index (χ1) is 8.28. The molecule has 3 aliphatic rings. The molecule has 4 rings (SSSR count). The number of rotatable bonds is 2. The predicted molar refractivity (Wildman–Crippen MR) is 72.2 cm³/mol. The van der Waals surface area contributed by atoms with E-state index in [-0.39, 0.29) is 0 Å². The Morgan fingerprint density at radius 3 is 2.94 bits per heavy atom. The maximum atomic E-state index is 4.29. The van der Waals surface area contributed by atoms with Crippen molar-refractivity contribution < 1.29 is 0 Å². The normalized spacial score (nSPS) is 36.9. The van der Waals surface area contributed by atoms with Crippen LogP contribution in [0.4, 0.5) is 0 Å². The van der Waals surface area contributed by atoms with Crippen LogP contribution in [0.1, 0.15) is 24.1 Å². The highest BCUT2D eigenvalue weighted by Gasteiger charge is 2.59. The van der Waals surface area contributed by atoms with Crippen LogP contribution in [0.3, 0.4) is 0 Å². The number of piperazine rings is 1. The van der Waals surface area contributed by atoms with Crippen molar-refractivity contribution in [3.8, 4) is 0 Å². The van der Waals surface area contributed by atoms with Crippen molar-refractivity contribution in [3.63, 3.8) is 0 Å². The standard InChI is InChI=1S/C12H16BrN3S/c13-11-14-7-9(17-11)8-15-5-6-16-4-3-12(16)2-1-10(12)15/h7,10H,1-6,8H2. The summed E-state index contributed by atoms with van der Waals surface area (Å²) >= 11 is 5.23. The molecule has 3 nitrogen and oxygen atoms in total. The van der Waals surface area contributed by atoms with Gasteiger partial charge in [0.2, 0.25) is 0 Å². The van der Waals surface area contributed by atoms with Gasteiger partial charge in [-0.25, -0.2) is 4.98 Å². The molecule has 0 radical (unpaired) electrons. The third-order valence-corrected chi connectivity index (χ3v) is 6.36. The summed E-state index contributed by atoms with van der Waals surface area (Å²) < 4.78 is 1.01. The number of hydrogen-bond acceptors (Lipinski definition) is 4. The second-order valence-corrected chi connectivity index (χ2v) is 7.84. The molecule has 0 bridgehead atoms. The summed E-state index contributed by atoms with van der Waals surface area (Å²) in [6, 6.07) is 0.825. The first kappa shape index (κ1) is 10.9. The topological polar surface area (TPSA) is 19.4 Å². The van der Waals surface area contributed by atoms with E-state index in [0.29, 0.717) is 5.54 Å². The lowest BCUT2D eigenvalue weighted by atomic mass is 9.61. The summed E-state index contributed by atoms with van der Waals surface area (Å²) in [7, 11) is 0. The first-order valence-electron chi connectivity index (χ1n) is 6.37. The van der Waals surface area contributed by atoms with E-state index in [4.69, 9.17) is 0 Å². The van der Waals surface area contributed by atoms with Crippen LogP contribution < -0.4 is 0 Å². The van der Waals surface area contributed by atoms with Gasteiger partial charge in [-0.05, 0) is 35.2 Å². The molecule has 5 heteroatoms. The van der Waals surface area contributed by atoms with Crippen molar-refractivity contribution in [3.05, 3.63) is 15.0 Å². The van der Waals surface area contributed by atoms with Gasteiger partial charge in [-0.15, -0.1) is 11.3 Å². The van der Waals surface area contributed by atoms with Crippen molar-refractivity contribution in [2.45, 2.75) is 37.4 Å². The van der Waals surface area contributed by atoms with Gasteiger partial charge < -0.3 is 0 Å². The molecule has 3 heterocycles. The lowest BCUT2D eigenvalue weighted by Crippen LogP contribution is -2.79. The molecule has 1 spiro atoms. The van der Waals surface area contributed by atoms with Gasteiger partial charge in [-0.2, -0.15) is 0 Å². The number of thiazole rings is 1. The average molecular weight is 314 g/mol. The van der Waals surface area contributed by atoms with E-state index in [1.807, 2.05) is 6.20 Å². The van der Waals surface area contributed by atoms with E-state index in [1.54, 1.807) is 11.3 Å². The molecule has 0 aromatic carbocycles. The van der Waals surface area contributed by atoms with Crippen molar-refractivity contribution in [2.24, 2.45) is 0 Å². The zero-order chi connectivity index (χ0) is 11.5. The van der Waals surface area contributed by atoms with Crippen molar-refractivity contribution in [2.75, 3.05) is 19.6 Å². The highest BCUT2D eigenvalue weighted by Crippen LogP contribution is 2.51. The highest BCUT2D eigenvalue weighted by atomic mass is 79.9. The average Bonchev–Trinajstić information content (AvgIpc) is 2.59. The summed E-state index contributed by atoms with van der Waals surface area (Å²) in [4.78, 5) is 11.1. The van der Waals surface area contributed by atoms with Crippen LogP contribution in [-0.2, 0) is 6.54 Å². The molecule has 1 saturated carbocycles. The second-order valence-electron chi connectivity index (χ2n) is 5.45. The molecule has 92 valence electrons. The van der Waals surface area contributed by atoms with Crippen molar-refractivity contribution in [1.82, 2.24) is 14.8 Å². The van der Waals surface area contributed by atoms with Gasteiger partial charge in [0, 0.05) is 48.8 Å². The Kier molecular flexibility index (Phi) is 2.41. The van der Waals surface area contributed by atoms with Crippen molar-refractivity contribution in [1.29, 1.82) is 0 Å². The van der Waals surface area contributed by atoms with Gasteiger partial charge in [-0.1, -0.05) is 0 Å². The van der Waals surface area contributed by atoms with Crippen LogP contribution in [0.25, 0.3) is 0 Å². The Morgan fingerprint density at radius 1 is 1.41 bits per heavy atom. The SMILES string of the molecule is Brc1ncc(CN2CCN3CCC34CCC24)s1. The van der Waals surface area contributed by atoms with Crippen LogP contribution in [0, 0.1) is 0 Å². The van der Waals surface area contributed by atoms with E-state index >= 15 is 0 Å². The zero-order valence-electron chi connectivity index (χ0n) is 9.73. The molecule has 1 aliphatic carbocycles. The molecule has 2 unspecified atom stereocenters.